The lowest BCUT2D eigenvalue weighted by Crippen LogP contribution is -2.01. The summed E-state index contributed by atoms with van der Waals surface area (Å²) in [6, 6.07) is 0. The van der Waals surface area contributed by atoms with Gasteiger partial charge in [-0.05, 0) is 19.3 Å². The van der Waals surface area contributed by atoms with Gasteiger partial charge in [-0.15, -0.1) is 0 Å². The Kier molecular flexibility index (Phi) is 0.850. The van der Waals surface area contributed by atoms with Gasteiger partial charge in [0.05, 0.1) is 0 Å². The normalized spacial score (nSPS) is 40.4. The van der Waals surface area contributed by atoms with Crippen LogP contribution >= 0.6 is 0 Å². The Labute approximate surface area is 54.8 Å². The Balaban J connectivity index is 2.36. The van der Waals surface area contributed by atoms with E-state index in [0.29, 0.717) is 11.7 Å². The summed E-state index contributed by atoms with van der Waals surface area (Å²) in [4.78, 5) is 11.1. The Morgan fingerprint density at radius 1 is 1.44 bits per heavy atom. The molecule has 1 nitrogen and oxygen atoms in total. The summed E-state index contributed by atoms with van der Waals surface area (Å²) in [5.41, 5.74) is 1.19. The van der Waals surface area contributed by atoms with Gasteiger partial charge in [-0.2, -0.15) is 0 Å². The van der Waals surface area contributed by atoms with Crippen LogP contribution in [0.2, 0.25) is 0 Å². The number of ketones is 1. The molecule has 0 spiro atoms. The van der Waals surface area contributed by atoms with E-state index in [1.807, 2.05) is 0 Å². The SMILES string of the molecule is C=C1CC2CC[C@@H]1C2=O. The maximum absolute atomic E-state index is 11.1. The van der Waals surface area contributed by atoms with Crippen LogP contribution in [0.15, 0.2) is 12.2 Å². The lowest BCUT2D eigenvalue weighted by molar-refractivity contribution is -0.121. The first-order chi connectivity index (χ1) is 4.29. The summed E-state index contributed by atoms with van der Waals surface area (Å²) in [5.74, 6) is 1.12. The van der Waals surface area contributed by atoms with Gasteiger partial charge in [0.15, 0.2) is 0 Å². The molecule has 9 heavy (non-hydrogen) atoms. The van der Waals surface area contributed by atoms with E-state index in [9.17, 15) is 4.79 Å². The number of allylic oxidation sites excluding steroid dienone is 1. The number of Topliss-reactive ketones (excluding diaryl/α,β-unsaturated/α-hetero) is 1. The van der Waals surface area contributed by atoms with Crippen LogP contribution in [0.4, 0.5) is 0 Å². The van der Waals surface area contributed by atoms with Crippen LogP contribution in [-0.2, 0) is 4.79 Å². The largest absolute Gasteiger partial charge is 0.299 e. The molecule has 1 unspecified atom stereocenters. The fourth-order valence-electron chi connectivity index (χ4n) is 2.00. The Morgan fingerprint density at radius 3 is 2.44 bits per heavy atom. The van der Waals surface area contributed by atoms with Crippen LogP contribution in [0, 0.1) is 11.8 Å². The summed E-state index contributed by atoms with van der Waals surface area (Å²) in [5, 5.41) is 0. The minimum atomic E-state index is 0.273. The number of hydrogen-bond acceptors (Lipinski definition) is 1. The van der Waals surface area contributed by atoms with Crippen LogP contribution in [0.25, 0.3) is 0 Å². The van der Waals surface area contributed by atoms with Gasteiger partial charge in [0.25, 0.3) is 0 Å². The molecule has 0 heterocycles. The molecular weight excluding hydrogens is 112 g/mol. The number of rotatable bonds is 0. The third kappa shape index (κ3) is 0.521. The molecule has 1 heteroatoms. The van der Waals surface area contributed by atoms with Gasteiger partial charge in [-0.3, -0.25) is 4.79 Å². The van der Waals surface area contributed by atoms with E-state index in [1.54, 1.807) is 0 Å². The van der Waals surface area contributed by atoms with E-state index in [1.165, 1.54) is 5.57 Å². The van der Waals surface area contributed by atoms with E-state index in [-0.39, 0.29) is 5.92 Å². The van der Waals surface area contributed by atoms with Gasteiger partial charge in [0.1, 0.15) is 5.78 Å². The molecule has 2 aliphatic rings. The molecule has 0 aromatic rings. The number of carbonyl (C=O) groups excluding carboxylic acids is 1. The monoisotopic (exact) mass is 122 g/mol. The predicted molar refractivity (Wildman–Crippen MR) is 35.0 cm³/mol. The fraction of sp³-hybridized carbons (Fsp3) is 0.625. The molecule has 0 saturated heterocycles. The van der Waals surface area contributed by atoms with E-state index in [0.717, 1.165) is 19.3 Å². The second kappa shape index (κ2) is 1.47. The summed E-state index contributed by atoms with van der Waals surface area (Å²) < 4.78 is 0. The highest BCUT2D eigenvalue weighted by atomic mass is 16.1. The second-order valence-corrected chi connectivity index (χ2v) is 3.09. The molecule has 2 rings (SSSR count). The van der Waals surface area contributed by atoms with Gasteiger partial charge in [-0.25, -0.2) is 0 Å². The molecule has 0 aromatic carbocycles. The zero-order valence-electron chi connectivity index (χ0n) is 5.39. The first kappa shape index (κ1) is 5.21. The number of carbonyl (C=O) groups is 1. The van der Waals surface area contributed by atoms with Crippen molar-refractivity contribution in [3.05, 3.63) is 12.2 Å². The minimum absolute atomic E-state index is 0.273. The summed E-state index contributed by atoms with van der Waals surface area (Å²) >= 11 is 0. The maximum atomic E-state index is 11.1. The van der Waals surface area contributed by atoms with Crippen molar-refractivity contribution in [3.8, 4) is 0 Å². The minimum Gasteiger partial charge on any atom is -0.299 e. The molecular formula is C8H10O. The first-order valence-electron chi connectivity index (χ1n) is 3.50. The third-order valence-electron chi connectivity index (χ3n) is 2.55. The van der Waals surface area contributed by atoms with Crippen molar-refractivity contribution >= 4 is 5.78 Å². The number of hydrogen-bond donors (Lipinski definition) is 0. The van der Waals surface area contributed by atoms with Crippen LogP contribution in [0.3, 0.4) is 0 Å². The summed E-state index contributed by atoms with van der Waals surface area (Å²) in [6.45, 7) is 3.87. The smallest absolute Gasteiger partial charge is 0.143 e. The van der Waals surface area contributed by atoms with E-state index in [4.69, 9.17) is 0 Å². The molecule has 2 bridgehead atoms. The van der Waals surface area contributed by atoms with Crippen molar-refractivity contribution in [2.24, 2.45) is 11.8 Å². The molecule has 0 radical (unpaired) electrons. The van der Waals surface area contributed by atoms with Crippen LogP contribution in [0.5, 0.6) is 0 Å². The molecule has 0 N–H and O–H groups in total. The average molecular weight is 122 g/mol. The van der Waals surface area contributed by atoms with Gasteiger partial charge in [-0.1, -0.05) is 12.2 Å². The Hall–Kier alpha value is -0.590. The lowest BCUT2D eigenvalue weighted by atomic mass is 9.96. The Bertz CT molecular complexity index is 181. The van der Waals surface area contributed by atoms with E-state index in [2.05, 4.69) is 6.58 Å². The molecule has 2 aliphatic carbocycles. The summed E-state index contributed by atoms with van der Waals surface area (Å²) in [7, 11) is 0. The molecule has 48 valence electrons. The highest BCUT2D eigenvalue weighted by molar-refractivity contribution is 5.91. The Morgan fingerprint density at radius 2 is 2.22 bits per heavy atom. The van der Waals surface area contributed by atoms with Crippen LogP contribution in [0.1, 0.15) is 19.3 Å². The van der Waals surface area contributed by atoms with Gasteiger partial charge >= 0.3 is 0 Å². The van der Waals surface area contributed by atoms with Crippen molar-refractivity contribution in [2.75, 3.05) is 0 Å². The highest BCUT2D eigenvalue weighted by Gasteiger charge is 2.42. The van der Waals surface area contributed by atoms with Crippen molar-refractivity contribution in [3.63, 3.8) is 0 Å². The molecule has 2 saturated carbocycles. The van der Waals surface area contributed by atoms with E-state index >= 15 is 0 Å². The molecule has 2 atom stereocenters. The molecule has 0 aliphatic heterocycles. The zero-order valence-corrected chi connectivity index (χ0v) is 5.39. The van der Waals surface area contributed by atoms with Crippen molar-refractivity contribution in [1.82, 2.24) is 0 Å². The van der Waals surface area contributed by atoms with Crippen LogP contribution in [-0.4, -0.2) is 5.78 Å². The van der Waals surface area contributed by atoms with Crippen molar-refractivity contribution in [1.29, 1.82) is 0 Å². The molecule has 0 amide bonds. The lowest BCUT2D eigenvalue weighted by Gasteiger charge is -2.07. The first-order valence-corrected chi connectivity index (χ1v) is 3.50. The van der Waals surface area contributed by atoms with Gasteiger partial charge in [0.2, 0.25) is 0 Å². The van der Waals surface area contributed by atoms with Crippen molar-refractivity contribution in [2.45, 2.75) is 19.3 Å². The molecule has 0 aromatic heterocycles. The maximum Gasteiger partial charge on any atom is 0.143 e. The third-order valence-corrected chi connectivity index (χ3v) is 2.55. The highest BCUT2D eigenvalue weighted by Crippen LogP contribution is 2.43. The average Bonchev–Trinajstić information content (AvgIpc) is 2.25. The van der Waals surface area contributed by atoms with Crippen LogP contribution < -0.4 is 0 Å². The predicted octanol–water partition coefficient (Wildman–Crippen LogP) is 1.54. The number of fused-ring (bicyclic) bond motifs is 2. The van der Waals surface area contributed by atoms with Gasteiger partial charge in [0, 0.05) is 11.8 Å². The standard InChI is InChI=1S/C8H10O/c1-5-4-6-2-3-7(5)8(6)9/h6-7H,1-4H2/t6?,7-/m0/s1. The topological polar surface area (TPSA) is 17.1 Å². The molecule has 2 fully saturated rings. The summed E-state index contributed by atoms with van der Waals surface area (Å²) in [6.07, 6.45) is 3.20. The van der Waals surface area contributed by atoms with Crippen molar-refractivity contribution < 1.29 is 4.79 Å². The zero-order chi connectivity index (χ0) is 6.43. The van der Waals surface area contributed by atoms with E-state index < -0.39 is 0 Å². The fourth-order valence-corrected chi connectivity index (χ4v) is 2.00. The second-order valence-electron chi connectivity index (χ2n) is 3.09. The van der Waals surface area contributed by atoms with Gasteiger partial charge < -0.3 is 0 Å². The quantitative estimate of drug-likeness (QED) is 0.445.